The van der Waals surface area contributed by atoms with Crippen molar-refractivity contribution in [1.29, 1.82) is 0 Å². The molecule has 2 aliphatic rings. The third-order valence-corrected chi connectivity index (χ3v) is 5.06. The van der Waals surface area contributed by atoms with Crippen molar-refractivity contribution in [2.75, 3.05) is 0 Å². The predicted molar refractivity (Wildman–Crippen MR) is 92.4 cm³/mol. The summed E-state index contributed by atoms with van der Waals surface area (Å²) in [6.07, 6.45) is 3.24. The SMILES string of the molecule is CC1CC1c1ccc(CN(C(=O)NCc2cccc(F)c2)C2CC2)o1. The molecule has 2 unspecified atom stereocenters. The molecule has 2 fully saturated rings. The first-order chi connectivity index (χ1) is 12.1. The first kappa shape index (κ1) is 16.2. The zero-order valence-electron chi connectivity index (χ0n) is 14.4. The monoisotopic (exact) mass is 342 g/mol. The second-order valence-corrected chi connectivity index (χ2v) is 7.27. The van der Waals surface area contributed by atoms with Crippen molar-refractivity contribution < 1.29 is 13.6 Å². The molecule has 2 saturated carbocycles. The van der Waals surface area contributed by atoms with Gasteiger partial charge in [0, 0.05) is 18.5 Å². The zero-order valence-corrected chi connectivity index (χ0v) is 14.4. The fraction of sp³-hybridized carbons (Fsp3) is 0.450. The van der Waals surface area contributed by atoms with E-state index in [1.54, 1.807) is 12.1 Å². The third-order valence-electron chi connectivity index (χ3n) is 5.06. The molecular weight excluding hydrogens is 319 g/mol. The molecule has 2 aliphatic carbocycles. The van der Waals surface area contributed by atoms with E-state index in [4.69, 9.17) is 4.42 Å². The number of benzene rings is 1. The van der Waals surface area contributed by atoms with Crippen molar-refractivity contribution in [3.8, 4) is 0 Å². The van der Waals surface area contributed by atoms with Gasteiger partial charge in [0.05, 0.1) is 6.54 Å². The van der Waals surface area contributed by atoms with Crippen LogP contribution in [-0.2, 0) is 13.1 Å². The number of carbonyl (C=O) groups excluding carboxylic acids is 1. The minimum Gasteiger partial charge on any atom is -0.464 e. The summed E-state index contributed by atoms with van der Waals surface area (Å²) in [7, 11) is 0. The molecule has 25 heavy (non-hydrogen) atoms. The highest BCUT2D eigenvalue weighted by Crippen LogP contribution is 2.47. The average molecular weight is 342 g/mol. The van der Waals surface area contributed by atoms with Gasteiger partial charge in [-0.25, -0.2) is 9.18 Å². The summed E-state index contributed by atoms with van der Waals surface area (Å²) >= 11 is 0. The molecule has 1 heterocycles. The Hall–Kier alpha value is -2.30. The summed E-state index contributed by atoms with van der Waals surface area (Å²) in [5.74, 6) is 2.83. The number of halogens is 1. The van der Waals surface area contributed by atoms with E-state index in [0.717, 1.165) is 29.9 Å². The van der Waals surface area contributed by atoms with Crippen LogP contribution in [0.25, 0.3) is 0 Å². The molecule has 1 aromatic heterocycles. The molecule has 4 rings (SSSR count). The summed E-state index contributed by atoms with van der Waals surface area (Å²) in [6.45, 7) is 3.03. The quantitative estimate of drug-likeness (QED) is 0.845. The normalized spacial score (nSPS) is 21.8. The first-order valence-electron chi connectivity index (χ1n) is 8.97. The van der Waals surface area contributed by atoms with E-state index in [2.05, 4.69) is 12.2 Å². The van der Waals surface area contributed by atoms with Crippen LogP contribution in [0.4, 0.5) is 9.18 Å². The van der Waals surface area contributed by atoms with E-state index in [1.165, 1.54) is 18.6 Å². The molecule has 1 aromatic carbocycles. The lowest BCUT2D eigenvalue weighted by Crippen LogP contribution is -2.40. The zero-order chi connectivity index (χ0) is 17.4. The lowest BCUT2D eigenvalue weighted by atomic mass is 10.2. The van der Waals surface area contributed by atoms with E-state index in [9.17, 15) is 9.18 Å². The molecule has 2 aromatic rings. The Kier molecular flexibility index (Phi) is 4.24. The van der Waals surface area contributed by atoms with E-state index in [1.807, 2.05) is 17.0 Å². The fourth-order valence-electron chi connectivity index (χ4n) is 3.24. The van der Waals surface area contributed by atoms with Crippen LogP contribution in [0.2, 0.25) is 0 Å². The van der Waals surface area contributed by atoms with Crippen LogP contribution in [0.3, 0.4) is 0 Å². The molecule has 4 nitrogen and oxygen atoms in total. The van der Waals surface area contributed by atoms with Gasteiger partial charge in [0.1, 0.15) is 17.3 Å². The van der Waals surface area contributed by atoms with Crippen LogP contribution in [0, 0.1) is 11.7 Å². The lowest BCUT2D eigenvalue weighted by Gasteiger charge is -2.22. The van der Waals surface area contributed by atoms with Crippen LogP contribution in [0.15, 0.2) is 40.8 Å². The molecule has 0 radical (unpaired) electrons. The number of amides is 2. The molecule has 1 N–H and O–H groups in total. The van der Waals surface area contributed by atoms with E-state index in [-0.39, 0.29) is 17.9 Å². The number of hydrogen-bond acceptors (Lipinski definition) is 2. The van der Waals surface area contributed by atoms with Gasteiger partial charge in [-0.05, 0) is 55.0 Å². The van der Waals surface area contributed by atoms with Gasteiger partial charge in [-0.3, -0.25) is 0 Å². The second-order valence-electron chi connectivity index (χ2n) is 7.27. The highest BCUT2D eigenvalue weighted by Gasteiger charge is 2.37. The molecule has 0 saturated heterocycles. The van der Waals surface area contributed by atoms with Gasteiger partial charge in [-0.2, -0.15) is 0 Å². The summed E-state index contributed by atoms with van der Waals surface area (Å²) < 4.78 is 19.2. The number of carbonyl (C=O) groups is 1. The summed E-state index contributed by atoms with van der Waals surface area (Å²) in [6, 6.07) is 10.5. The molecule has 0 bridgehead atoms. The molecule has 0 aliphatic heterocycles. The Morgan fingerprint density at radius 2 is 2.12 bits per heavy atom. The lowest BCUT2D eigenvalue weighted by molar-refractivity contribution is 0.186. The number of nitrogens with zero attached hydrogens (tertiary/aromatic N) is 1. The van der Waals surface area contributed by atoms with Gasteiger partial charge in [0.25, 0.3) is 0 Å². The first-order valence-corrected chi connectivity index (χ1v) is 8.97. The van der Waals surface area contributed by atoms with Gasteiger partial charge in [0.2, 0.25) is 0 Å². The smallest absolute Gasteiger partial charge is 0.318 e. The number of rotatable bonds is 6. The van der Waals surface area contributed by atoms with Gasteiger partial charge in [-0.15, -0.1) is 0 Å². The Morgan fingerprint density at radius 3 is 2.80 bits per heavy atom. The van der Waals surface area contributed by atoms with Gasteiger partial charge in [0.15, 0.2) is 0 Å². The maximum Gasteiger partial charge on any atom is 0.318 e. The highest BCUT2D eigenvalue weighted by atomic mass is 19.1. The fourth-order valence-corrected chi connectivity index (χ4v) is 3.24. The van der Waals surface area contributed by atoms with E-state index >= 15 is 0 Å². The number of furan rings is 1. The Bertz CT molecular complexity index is 769. The molecule has 5 heteroatoms. The maximum absolute atomic E-state index is 13.2. The van der Waals surface area contributed by atoms with E-state index < -0.39 is 0 Å². The molecule has 2 amide bonds. The summed E-state index contributed by atoms with van der Waals surface area (Å²) in [5, 5.41) is 2.90. The van der Waals surface area contributed by atoms with Crippen molar-refractivity contribution in [2.45, 2.75) is 51.2 Å². The molecule has 2 atom stereocenters. The number of nitrogens with one attached hydrogen (secondary N) is 1. The number of urea groups is 1. The highest BCUT2D eigenvalue weighted by molar-refractivity contribution is 5.74. The molecular formula is C20H23FN2O2. The Labute approximate surface area is 147 Å². The minimum absolute atomic E-state index is 0.121. The average Bonchev–Trinajstić information content (AvgIpc) is 3.51. The van der Waals surface area contributed by atoms with Crippen LogP contribution < -0.4 is 5.32 Å². The van der Waals surface area contributed by atoms with Gasteiger partial charge in [-0.1, -0.05) is 19.1 Å². The van der Waals surface area contributed by atoms with Crippen molar-refractivity contribution in [3.05, 3.63) is 59.3 Å². The van der Waals surface area contributed by atoms with Crippen LogP contribution in [0.5, 0.6) is 0 Å². The van der Waals surface area contributed by atoms with Crippen molar-refractivity contribution >= 4 is 6.03 Å². The molecule has 0 spiro atoms. The van der Waals surface area contributed by atoms with Crippen molar-refractivity contribution in [2.24, 2.45) is 5.92 Å². The second kappa shape index (κ2) is 6.54. The number of hydrogen-bond donors (Lipinski definition) is 1. The van der Waals surface area contributed by atoms with Crippen molar-refractivity contribution in [1.82, 2.24) is 10.2 Å². The third kappa shape index (κ3) is 3.86. The topological polar surface area (TPSA) is 45.5 Å². The summed E-state index contributed by atoms with van der Waals surface area (Å²) in [5.41, 5.74) is 0.757. The molecule has 132 valence electrons. The maximum atomic E-state index is 13.2. The Balaban J connectivity index is 1.37. The minimum atomic E-state index is -0.289. The van der Waals surface area contributed by atoms with Crippen LogP contribution in [-0.4, -0.2) is 17.0 Å². The van der Waals surface area contributed by atoms with Crippen LogP contribution >= 0.6 is 0 Å². The van der Waals surface area contributed by atoms with E-state index in [0.29, 0.717) is 24.9 Å². The standard InChI is InChI=1S/C20H23FN2O2/c1-13-9-18(13)19-8-7-17(25-19)12-23(16-5-6-16)20(24)22-11-14-3-2-4-15(21)10-14/h2-4,7-8,10,13,16,18H,5-6,9,11-12H2,1H3,(H,22,24). The van der Waals surface area contributed by atoms with Gasteiger partial charge < -0.3 is 14.6 Å². The van der Waals surface area contributed by atoms with Crippen LogP contribution in [0.1, 0.15) is 49.2 Å². The summed E-state index contributed by atoms with van der Waals surface area (Å²) in [4.78, 5) is 14.4. The largest absolute Gasteiger partial charge is 0.464 e. The van der Waals surface area contributed by atoms with Gasteiger partial charge >= 0.3 is 6.03 Å². The van der Waals surface area contributed by atoms with Crippen molar-refractivity contribution in [3.63, 3.8) is 0 Å². The Morgan fingerprint density at radius 1 is 1.32 bits per heavy atom. The predicted octanol–water partition coefficient (Wildman–Crippen LogP) is 4.42.